The number of ether oxygens (including phenoxy) is 1. The van der Waals surface area contributed by atoms with Crippen molar-refractivity contribution in [1.29, 1.82) is 0 Å². The lowest BCUT2D eigenvalue weighted by molar-refractivity contribution is 0.0696. The molecule has 8 heteroatoms. The summed E-state index contributed by atoms with van der Waals surface area (Å²) >= 11 is 0. The van der Waals surface area contributed by atoms with Gasteiger partial charge in [0.25, 0.3) is 0 Å². The largest absolute Gasteiger partial charge is 0.493 e. The highest BCUT2D eigenvalue weighted by atomic mass is 32.2. The molecule has 0 aliphatic carbocycles. The second-order valence-corrected chi connectivity index (χ2v) is 6.53. The molecule has 1 rings (SSSR count). The van der Waals surface area contributed by atoms with E-state index in [9.17, 15) is 13.2 Å². The topological polar surface area (TPSA) is 119 Å². The van der Waals surface area contributed by atoms with Gasteiger partial charge in [-0.15, -0.1) is 13.2 Å². The van der Waals surface area contributed by atoms with Crippen LogP contribution in [0, 0.1) is 0 Å². The van der Waals surface area contributed by atoms with E-state index in [1.165, 1.54) is 13.2 Å². The van der Waals surface area contributed by atoms with E-state index in [1.54, 1.807) is 12.2 Å². The van der Waals surface area contributed by atoms with Crippen LogP contribution in [0.2, 0.25) is 0 Å². The van der Waals surface area contributed by atoms with Crippen molar-refractivity contribution < 1.29 is 23.1 Å². The number of rotatable bonds is 7. The van der Waals surface area contributed by atoms with Gasteiger partial charge >= 0.3 is 5.97 Å². The first-order chi connectivity index (χ1) is 12.1. The average Bonchev–Trinajstić information content (AvgIpc) is 2.55. The fourth-order valence-corrected chi connectivity index (χ4v) is 2.42. The third-order valence-corrected chi connectivity index (χ3v) is 3.57. The Bertz CT molecular complexity index is 679. The molecule has 0 saturated heterocycles. The van der Waals surface area contributed by atoms with Gasteiger partial charge in [0.1, 0.15) is 4.90 Å². The van der Waals surface area contributed by atoms with Gasteiger partial charge in [-0.25, -0.2) is 18.4 Å². The normalized spacial score (nSPS) is 9.58. The highest BCUT2D eigenvalue weighted by Gasteiger charge is 2.22. The Morgan fingerprint density at radius 2 is 1.81 bits per heavy atom. The van der Waals surface area contributed by atoms with Crippen LogP contribution in [0.15, 0.2) is 42.3 Å². The zero-order chi connectivity index (χ0) is 20.8. The monoisotopic (exact) mass is 386 g/mol. The Morgan fingerprint density at radius 1 is 1.31 bits per heavy atom. The molecule has 0 unspecified atom stereocenters. The van der Waals surface area contributed by atoms with E-state index < -0.39 is 16.0 Å². The summed E-state index contributed by atoms with van der Waals surface area (Å²) in [5, 5.41) is 17.1. The first kappa shape index (κ1) is 25.9. The van der Waals surface area contributed by atoms with Crippen LogP contribution in [-0.2, 0) is 10.0 Å². The molecule has 0 fully saturated rings. The van der Waals surface area contributed by atoms with Crippen molar-refractivity contribution in [3.05, 3.63) is 43.0 Å². The fourth-order valence-electron chi connectivity index (χ4n) is 1.68. The molecule has 0 spiro atoms. The summed E-state index contributed by atoms with van der Waals surface area (Å²) in [7, 11) is -2.78. The van der Waals surface area contributed by atoms with Gasteiger partial charge < -0.3 is 15.2 Å². The Kier molecular flexibility index (Phi) is 13.9. The number of methoxy groups -OCH3 is 1. The number of hydrogen-bond donors (Lipinski definition) is 3. The van der Waals surface area contributed by atoms with Crippen molar-refractivity contribution in [2.45, 2.75) is 38.5 Å². The SMILES string of the molecule is C=CC.C=CC.CCCCNc1cc(C(=O)O)cc(S(N)(=O)=O)c1OC. The van der Waals surface area contributed by atoms with E-state index in [-0.39, 0.29) is 16.2 Å². The van der Waals surface area contributed by atoms with Crippen molar-refractivity contribution in [1.82, 2.24) is 0 Å². The van der Waals surface area contributed by atoms with Crippen LogP contribution in [0.3, 0.4) is 0 Å². The molecule has 1 aromatic carbocycles. The van der Waals surface area contributed by atoms with E-state index in [1.807, 2.05) is 20.8 Å². The number of hydrogen-bond acceptors (Lipinski definition) is 5. The lowest BCUT2D eigenvalue weighted by atomic mass is 10.1. The maximum Gasteiger partial charge on any atom is 0.335 e. The standard InChI is InChI=1S/C12H18N2O5S.2C3H6/c1-3-4-5-14-9-6-8(12(15)16)7-10(11(9)19-2)20(13,17)18;2*1-3-2/h6-7,14H,3-5H2,1-2H3,(H,15,16)(H2,13,17,18);2*3H,1H2,2H3. The lowest BCUT2D eigenvalue weighted by Crippen LogP contribution is -2.16. The molecule has 0 saturated carbocycles. The van der Waals surface area contributed by atoms with Gasteiger partial charge in [0, 0.05) is 6.54 Å². The molecular weight excluding hydrogens is 356 g/mol. The zero-order valence-electron chi connectivity index (χ0n) is 15.9. The Morgan fingerprint density at radius 3 is 2.15 bits per heavy atom. The molecular formula is C18H30N2O5S. The molecule has 1 aromatic rings. The summed E-state index contributed by atoms with van der Waals surface area (Å²) in [5.41, 5.74) is 0.124. The number of sulfonamides is 1. The highest BCUT2D eigenvalue weighted by molar-refractivity contribution is 7.89. The molecule has 0 atom stereocenters. The van der Waals surface area contributed by atoms with Crippen LogP contribution in [0.5, 0.6) is 5.75 Å². The molecule has 0 radical (unpaired) electrons. The van der Waals surface area contributed by atoms with Crippen molar-refractivity contribution in [3.8, 4) is 5.75 Å². The van der Waals surface area contributed by atoms with E-state index in [0.717, 1.165) is 18.9 Å². The van der Waals surface area contributed by atoms with E-state index in [4.69, 9.17) is 15.0 Å². The van der Waals surface area contributed by atoms with Crippen molar-refractivity contribution >= 4 is 21.7 Å². The molecule has 4 N–H and O–H groups in total. The Hall–Kier alpha value is -2.32. The van der Waals surface area contributed by atoms with Crippen LogP contribution < -0.4 is 15.2 Å². The molecule has 0 bridgehead atoms. The maximum absolute atomic E-state index is 11.5. The van der Waals surface area contributed by atoms with Crippen LogP contribution in [0.4, 0.5) is 5.69 Å². The molecule has 0 aromatic heterocycles. The molecule has 0 heterocycles. The van der Waals surface area contributed by atoms with Gasteiger partial charge in [0.05, 0.1) is 18.4 Å². The molecule has 26 heavy (non-hydrogen) atoms. The number of benzene rings is 1. The Labute approximate surface area is 156 Å². The Balaban J connectivity index is 0. The van der Waals surface area contributed by atoms with Gasteiger partial charge in [-0.2, -0.15) is 0 Å². The molecule has 7 nitrogen and oxygen atoms in total. The minimum atomic E-state index is -4.08. The molecule has 0 aliphatic heterocycles. The molecule has 0 amide bonds. The maximum atomic E-state index is 11.5. The van der Waals surface area contributed by atoms with Crippen molar-refractivity contribution in [2.75, 3.05) is 19.0 Å². The number of unbranched alkanes of at least 4 members (excludes halogenated alkanes) is 1. The lowest BCUT2D eigenvalue weighted by Gasteiger charge is -2.15. The number of aromatic carboxylic acids is 1. The summed E-state index contributed by atoms with van der Waals surface area (Å²) < 4.78 is 28.1. The van der Waals surface area contributed by atoms with Crippen LogP contribution in [0.1, 0.15) is 44.0 Å². The smallest absolute Gasteiger partial charge is 0.335 e. The van der Waals surface area contributed by atoms with Gasteiger partial charge in [0.2, 0.25) is 10.0 Å². The van der Waals surface area contributed by atoms with Gasteiger partial charge in [-0.1, -0.05) is 25.5 Å². The predicted octanol–water partition coefficient (Wildman–Crippen LogP) is 3.64. The van der Waals surface area contributed by atoms with Crippen LogP contribution >= 0.6 is 0 Å². The summed E-state index contributed by atoms with van der Waals surface area (Å²) in [6, 6.07) is 2.31. The van der Waals surface area contributed by atoms with Crippen molar-refractivity contribution in [3.63, 3.8) is 0 Å². The number of nitrogens with one attached hydrogen (secondary N) is 1. The third kappa shape index (κ3) is 9.85. The number of carbonyl (C=O) groups is 1. The summed E-state index contributed by atoms with van der Waals surface area (Å²) in [5.74, 6) is -1.22. The summed E-state index contributed by atoms with van der Waals surface area (Å²) in [4.78, 5) is 10.7. The van der Waals surface area contributed by atoms with E-state index >= 15 is 0 Å². The number of carboxylic acid groups (broad SMARTS) is 1. The fraction of sp³-hybridized carbons (Fsp3) is 0.389. The number of anilines is 1. The van der Waals surface area contributed by atoms with E-state index in [0.29, 0.717) is 12.2 Å². The quantitative estimate of drug-likeness (QED) is 0.486. The minimum absolute atomic E-state index is 0.0219. The second kappa shape index (κ2) is 13.9. The van der Waals surface area contributed by atoms with Crippen LogP contribution in [0.25, 0.3) is 0 Å². The number of carboxylic acids is 1. The predicted molar refractivity (Wildman–Crippen MR) is 106 cm³/mol. The second-order valence-electron chi connectivity index (χ2n) is 5.00. The molecule has 0 aliphatic rings. The summed E-state index contributed by atoms with van der Waals surface area (Å²) in [6.45, 7) is 13.1. The van der Waals surface area contributed by atoms with Gasteiger partial charge in [-0.3, -0.25) is 0 Å². The first-order valence-electron chi connectivity index (χ1n) is 8.00. The van der Waals surface area contributed by atoms with Crippen molar-refractivity contribution in [2.24, 2.45) is 5.14 Å². The highest BCUT2D eigenvalue weighted by Crippen LogP contribution is 2.33. The van der Waals surface area contributed by atoms with Gasteiger partial charge in [-0.05, 0) is 32.4 Å². The number of allylic oxidation sites excluding steroid dienone is 2. The van der Waals surface area contributed by atoms with E-state index in [2.05, 4.69) is 18.5 Å². The first-order valence-corrected chi connectivity index (χ1v) is 9.55. The minimum Gasteiger partial charge on any atom is -0.493 e. The number of primary sulfonamides is 1. The zero-order valence-corrected chi connectivity index (χ0v) is 16.7. The number of nitrogens with two attached hydrogens (primary N) is 1. The van der Waals surface area contributed by atoms with Crippen LogP contribution in [-0.4, -0.2) is 33.1 Å². The average molecular weight is 387 g/mol. The van der Waals surface area contributed by atoms with Gasteiger partial charge in [0.15, 0.2) is 5.75 Å². The summed E-state index contributed by atoms with van der Waals surface area (Å²) in [6.07, 6.45) is 5.29. The molecule has 148 valence electrons. The third-order valence-electron chi connectivity index (χ3n) is 2.66.